The smallest absolute Gasteiger partial charge is 0.417 e. The normalized spacial score (nSPS) is 11.0. The van der Waals surface area contributed by atoms with E-state index in [9.17, 15) is 32.3 Å². The number of halogens is 3. The monoisotopic (exact) mass is 708 g/mol. The average Bonchev–Trinajstić information content (AvgIpc) is 3.14. The van der Waals surface area contributed by atoms with Crippen LogP contribution in [0.25, 0.3) is 11.1 Å². The molecular formula is C41H35F3N2O6. The Kier molecular flexibility index (Phi) is 11.9. The first-order valence-corrected chi connectivity index (χ1v) is 16.3. The number of aryl methyl sites for hydroxylation is 1. The number of nitrogens with zero attached hydrogens (tertiary/aromatic N) is 1. The van der Waals surface area contributed by atoms with Gasteiger partial charge in [0.1, 0.15) is 12.4 Å². The van der Waals surface area contributed by atoms with Crippen LogP contribution in [0.15, 0.2) is 121 Å². The first kappa shape index (κ1) is 37.0. The topological polar surface area (TPSA) is 102 Å². The van der Waals surface area contributed by atoms with Crippen molar-refractivity contribution in [1.82, 2.24) is 4.90 Å². The van der Waals surface area contributed by atoms with Crippen molar-refractivity contribution in [3.05, 3.63) is 155 Å². The summed E-state index contributed by atoms with van der Waals surface area (Å²) in [6.07, 6.45) is -4.07. The molecule has 0 saturated heterocycles. The third-order valence-corrected chi connectivity index (χ3v) is 8.03. The Morgan fingerprint density at radius 1 is 0.750 bits per heavy atom. The van der Waals surface area contributed by atoms with Crippen LogP contribution in [-0.4, -0.2) is 42.7 Å². The summed E-state index contributed by atoms with van der Waals surface area (Å²) in [5, 5.41) is 2.55. The SMILES string of the molecule is CN(C)C(=O)c1cc(CCCC(=O)Oc2ccc(C(=O)OCc3ccccc3)cc2)ccc1NC(=O)c1c(-c2ccccc2)cccc1C(F)(F)F. The molecular weight excluding hydrogens is 673 g/mol. The lowest BCUT2D eigenvalue weighted by Crippen LogP contribution is -2.25. The van der Waals surface area contributed by atoms with Gasteiger partial charge in [-0.1, -0.05) is 78.9 Å². The van der Waals surface area contributed by atoms with E-state index in [2.05, 4.69) is 5.32 Å². The van der Waals surface area contributed by atoms with E-state index in [1.807, 2.05) is 30.3 Å². The molecule has 0 heterocycles. The molecule has 0 aliphatic carbocycles. The van der Waals surface area contributed by atoms with Gasteiger partial charge in [-0.25, -0.2) is 4.79 Å². The van der Waals surface area contributed by atoms with Gasteiger partial charge >= 0.3 is 18.1 Å². The van der Waals surface area contributed by atoms with Crippen LogP contribution in [0.4, 0.5) is 18.9 Å². The predicted octanol–water partition coefficient (Wildman–Crippen LogP) is 8.61. The van der Waals surface area contributed by atoms with Crippen molar-refractivity contribution in [2.24, 2.45) is 0 Å². The summed E-state index contributed by atoms with van der Waals surface area (Å²) in [7, 11) is 3.03. The number of alkyl halides is 3. The van der Waals surface area contributed by atoms with Crippen molar-refractivity contribution in [3.63, 3.8) is 0 Å². The van der Waals surface area contributed by atoms with Crippen LogP contribution in [0.2, 0.25) is 0 Å². The Bertz CT molecular complexity index is 2050. The molecule has 0 aliphatic heterocycles. The number of carbonyl (C=O) groups excluding carboxylic acids is 4. The molecule has 5 rings (SSSR count). The van der Waals surface area contributed by atoms with E-state index >= 15 is 0 Å². The van der Waals surface area contributed by atoms with Crippen molar-refractivity contribution in [1.29, 1.82) is 0 Å². The number of nitrogens with one attached hydrogen (secondary N) is 1. The number of ether oxygens (including phenoxy) is 2. The fourth-order valence-electron chi connectivity index (χ4n) is 5.43. The quantitative estimate of drug-likeness (QED) is 0.103. The molecule has 0 radical (unpaired) electrons. The summed E-state index contributed by atoms with van der Waals surface area (Å²) in [5.41, 5.74) is 0.782. The lowest BCUT2D eigenvalue weighted by atomic mass is 9.94. The largest absolute Gasteiger partial charge is 0.457 e. The molecule has 0 bridgehead atoms. The molecule has 5 aromatic carbocycles. The molecule has 8 nitrogen and oxygen atoms in total. The average molecular weight is 709 g/mol. The van der Waals surface area contributed by atoms with E-state index in [1.165, 1.54) is 61.5 Å². The second-order valence-electron chi connectivity index (χ2n) is 12.0. The van der Waals surface area contributed by atoms with Crippen molar-refractivity contribution in [3.8, 4) is 16.9 Å². The van der Waals surface area contributed by atoms with Crippen molar-refractivity contribution >= 4 is 29.4 Å². The van der Waals surface area contributed by atoms with Crippen LogP contribution in [0.5, 0.6) is 5.75 Å². The number of esters is 2. The fraction of sp³-hybridized carbons (Fsp3) is 0.171. The van der Waals surface area contributed by atoms with Crippen LogP contribution >= 0.6 is 0 Å². The van der Waals surface area contributed by atoms with Gasteiger partial charge in [0, 0.05) is 20.5 Å². The molecule has 0 aromatic heterocycles. The zero-order valence-electron chi connectivity index (χ0n) is 28.4. The number of amides is 2. The molecule has 52 heavy (non-hydrogen) atoms. The highest BCUT2D eigenvalue weighted by Gasteiger charge is 2.37. The van der Waals surface area contributed by atoms with Crippen molar-refractivity contribution in [2.75, 3.05) is 19.4 Å². The van der Waals surface area contributed by atoms with Crippen LogP contribution in [-0.2, 0) is 28.7 Å². The molecule has 266 valence electrons. The van der Waals surface area contributed by atoms with Gasteiger partial charge in [-0.2, -0.15) is 13.2 Å². The van der Waals surface area contributed by atoms with Gasteiger partial charge in [0.05, 0.1) is 27.9 Å². The lowest BCUT2D eigenvalue weighted by molar-refractivity contribution is -0.138. The van der Waals surface area contributed by atoms with E-state index in [1.54, 1.807) is 42.5 Å². The Labute approximate surface area is 298 Å². The molecule has 0 fully saturated rings. The van der Waals surface area contributed by atoms with Crippen LogP contribution in [0.3, 0.4) is 0 Å². The van der Waals surface area contributed by atoms with Crippen LogP contribution in [0.1, 0.15) is 60.6 Å². The van der Waals surface area contributed by atoms with Gasteiger partial charge in [-0.15, -0.1) is 0 Å². The Hall–Kier alpha value is -6.23. The Morgan fingerprint density at radius 2 is 1.42 bits per heavy atom. The number of benzene rings is 5. The minimum atomic E-state index is -4.81. The summed E-state index contributed by atoms with van der Waals surface area (Å²) in [5.74, 6) is -2.26. The molecule has 11 heteroatoms. The van der Waals surface area contributed by atoms with Gasteiger partial charge in [0.15, 0.2) is 0 Å². The zero-order chi connectivity index (χ0) is 37.3. The summed E-state index contributed by atoms with van der Waals surface area (Å²) >= 11 is 0. The summed E-state index contributed by atoms with van der Waals surface area (Å²) < 4.78 is 53.1. The highest BCUT2D eigenvalue weighted by atomic mass is 19.4. The highest BCUT2D eigenvalue weighted by Crippen LogP contribution is 2.37. The fourth-order valence-corrected chi connectivity index (χ4v) is 5.43. The van der Waals surface area contributed by atoms with E-state index < -0.39 is 41.1 Å². The van der Waals surface area contributed by atoms with E-state index in [-0.39, 0.29) is 35.6 Å². The van der Waals surface area contributed by atoms with Gasteiger partial charge in [-0.3, -0.25) is 14.4 Å². The minimum Gasteiger partial charge on any atom is -0.457 e. The zero-order valence-corrected chi connectivity index (χ0v) is 28.4. The Morgan fingerprint density at radius 3 is 2.08 bits per heavy atom. The molecule has 5 aromatic rings. The van der Waals surface area contributed by atoms with Gasteiger partial charge in [0.25, 0.3) is 11.8 Å². The third kappa shape index (κ3) is 9.51. The second-order valence-corrected chi connectivity index (χ2v) is 12.0. The maximum Gasteiger partial charge on any atom is 0.417 e. The van der Waals surface area contributed by atoms with Crippen LogP contribution in [0, 0.1) is 0 Å². The van der Waals surface area contributed by atoms with Crippen molar-refractivity contribution in [2.45, 2.75) is 32.0 Å². The van der Waals surface area contributed by atoms with Crippen LogP contribution < -0.4 is 10.1 Å². The van der Waals surface area contributed by atoms with Gasteiger partial charge in [0.2, 0.25) is 0 Å². The van der Waals surface area contributed by atoms with Gasteiger partial charge in [-0.05, 0) is 77.6 Å². The molecule has 0 saturated carbocycles. The number of hydrogen-bond donors (Lipinski definition) is 1. The molecule has 0 spiro atoms. The van der Waals surface area contributed by atoms with Crippen molar-refractivity contribution < 1.29 is 41.8 Å². The number of anilines is 1. The standard InChI is InChI=1S/C41H35F3N2O6/c1-46(2)39(49)33-25-27(13-9-18-36(47)52-31-22-20-30(21-23-31)40(50)51-26-28-11-5-3-6-12-28)19-24-35(33)45-38(48)37-32(29-14-7-4-8-15-29)16-10-17-34(37)41(42,43)44/h3-8,10-12,14-17,19-25H,9,13,18,26H2,1-2H3,(H,45,48). The second kappa shape index (κ2) is 16.7. The molecule has 2 amide bonds. The highest BCUT2D eigenvalue weighted by molar-refractivity contribution is 6.12. The molecule has 1 N–H and O–H groups in total. The summed E-state index contributed by atoms with van der Waals surface area (Å²) in [4.78, 5) is 53.1. The Balaban J connectivity index is 1.24. The first-order chi connectivity index (χ1) is 24.9. The van der Waals surface area contributed by atoms with E-state index in [0.717, 1.165) is 11.6 Å². The van der Waals surface area contributed by atoms with E-state index in [0.29, 0.717) is 29.5 Å². The summed E-state index contributed by atoms with van der Waals surface area (Å²) in [6, 6.07) is 31.7. The maximum absolute atomic E-state index is 14.1. The molecule has 0 unspecified atom stereocenters. The molecule has 0 atom stereocenters. The van der Waals surface area contributed by atoms with E-state index in [4.69, 9.17) is 9.47 Å². The number of hydrogen-bond acceptors (Lipinski definition) is 6. The lowest BCUT2D eigenvalue weighted by Gasteiger charge is -2.19. The third-order valence-electron chi connectivity index (χ3n) is 8.03. The maximum atomic E-state index is 14.1. The minimum absolute atomic E-state index is 0.0345. The number of carbonyl (C=O) groups is 4. The predicted molar refractivity (Wildman–Crippen MR) is 190 cm³/mol. The van der Waals surface area contributed by atoms with Gasteiger partial charge < -0.3 is 19.7 Å². The number of rotatable bonds is 12. The first-order valence-electron chi connectivity index (χ1n) is 16.3. The summed E-state index contributed by atoms with van der Waals surface area (Å²) in [6.45, 7) is 0.130. The molecule has 0 aliphatic rings.